The predicted molar refractivity (Wildman–Crippen MR) is 81.9 cm³/mol. The van der Waals surface area contributed by atoms with E-state index in [0.717, 1.165) is 37.1 Å². The van der Waals surface area contributed by atoms with Gasteiger partial charge in [-0.25, -0.2) is 0 Å². The van der Waals surface area contributed by atoms with Gasteiger partial charge in [0.2, 0.25) is 5.91 Å². The molecule has 2 rings (SSSR count). The summed E-state index contributed by atoms with van der Waals surface area (Å²) in [6, 6.07) is 7.45. The number of ether oxygens (including phenoxy) is 1. The quantitative estimate of drug-likeness (QED) is 0.817. The van der Waals surface area contributed by atoms with Crippen molar-refractivity contribution in [2.24, 2.45) is 0 Å². The Bertz CT molecular complexity index is 524. The summed E-state index contributed by atoms with van der Waals surface area (Å²) >= 11 is 0. The van der Waals surface area contributed by atoms with E-state index in [-0.39, 0.29) is 18.6 Å². The molecule has 4 nitrogen and oxygen atoms in total. The van der Waals surface area contributed by atoms with Gasteiger partial charge < -0.3 is 15.2 Å². The van der Waals surface area contributed by atoms with Gasteiger partial charge in [-0.3, -0.25) is 4.79 Å². The van der Waals surface area contributed by atoms with Crippen molar-refractivity contribution in [2.45, 2.75) is 38.2 Å². The summed E-state index contributed by atoms with van der Waals surface area (Å²) < 4.78 is 5.52. The average Bonchev–Trinajstić information content (AvgIpc) is 3.00. The zero-order chi connectivity index (χ0) is 14.9. The maximum atomic E-state index is 12.0. The van der Waals surface area contributed by atoms with Gasteiger partial charge in [-0.1, -0.05) is 24.0 Å². The second-order valence-corrected chi connectivity index (χ2v) is 5.04. The molecular formula is C17H21NO3. The number of anilines is 1. The fraction of sp³-hybridized carbons (Fsp3) is 0.471. The van der Waals surface area contributed by atoms with E-state index in [1.165, 1.54) is 0 Å². The van der Waals surface area contributed by atoms with Gasteiger partial charge in [-0.05, 0) is 31.4 Å². The maximum Gasteiger partial charge on any atom is 0.224 e. The number of carbonyl (C=O) groups is 1. The third kappa shape index (κ3) is 5.22. The Morgan fingerprint density at radius 2 is 2.29 bits per heavy atom. The summed E-state index contributed by atoms with van der Waals surface area (Å²) in [6.07, 6.45) is 4.04. The molecule has 1 saturated heterocycles. The van der Waals surface area contributed by atoms with Crippen molar-refractivity contribution in [2.75, 3.05) is 18.5 Å². The molecular weight excluding hydrogens is 266 g/mol. The highest BCUT2D eigenvalue weighted by Crippen LogP contribution is 2.18. The summed E-state index contributed by atoms with van der Waals surface area (Å²) in [6.45, 7) is 0.860. The first-order chi connectivity index (χ1) is 10.3. The number of para-hydroxylation sites is 1. The van der Waals surface area contributed by atoms with Gasteiger partial charge in [-0.2, -0.15) is 0 Å². The summed E-state index contributed by atoms with van der Waals surface area (Å²) in [7, 11) is 0. The molecule has 1 aromatic carbocycles. The number of aliphatic hydroxyl groups is 1. The number of aliphatic hydroxyl groups excluding tert-OH is 1. The third-order valence-corrected chi connectivity index (χ3v) is 3.38. The van der Waals surface area contributed by atoms with Crippen LogP contribution in [0.4, 0.5) is 5.69 Å². The van der Waals surface area contributed by atoms with Gasteiger partial charge >= 0.3 is 0 Å². The molecule has 0 radical (unpaired) electrons. The molecule has 1 atom stereocenters. The van der Waals surface area contributed by atoms with Crippen LogP contribution in [0.25, 0.3) is 0 Å². The maximum absolute atomic E-state index is 12.0. The SMILES string of the molecule is O=C(CCC1CCCO1)Nc1ccccc1C#CCCO. The topological polar surface area (TPSA) is 58.6 Å². The monoisotopic (exact) mass is 287 g/mol. The summed E-state index contributed by atoms with van der Waals surface area (Å²) in [5.41, 5.74) is 1.50. The largest absolute Gasteiger partial charge is 0.395 e. The molecule has 0 aromatic heterocycles. The Hall–Kier alpha value is -1.83. The van der Waals surface area contributed by atoms with Crippen LogP contribution in [0.5, 0.6) is 0 Å². The van der Waals surface area contributed by atoms with E-state index in [1.54, 1.807) is 0 Å². The molecule has 1 aliphatic heterocycles. The molecule has 0 bridgehead atoms. The highest BCUT2D eigenvalue weighted by molar-refractivity contribution is 5.92. The number of amides is 1. The van der Waals surface area contributed by atoms with Crippen molar-refractivity contribution in [1.29, 1.82) is 0 Å². The molecule has 112 valence electrons. The lowest BCUT2D eigenvalue weighted by Gasteiger charge is -2.10. The lowest BCUT2D eigenvalue weighted by molar-refractivity contribution is -0.116. The van der Waals surface area contributed by atoms with E-state index in [2.05, 4.69) is 17.2 Å². The van der Waals surface area contributed by atoms with Gasteiger partial charge in [0.1, 0.15) is 0 Å². The molecule has 2 N–H and O–H groups in total. The standard InChI is InChI=1S/C17H21NO3/c19-12-4-3-7-14-6-1-2-9-16(14)18-17(20)11-10-15-8-5-13-21-15/h1-2,6,9,15,19H,4-5,8,10-13H2,(H,18,20). The molecule has 21 heavy (non-hydrogen) atoms. The van der Waals surface area contributed by atoms with Crippen LogP contribution in [0, 0.1) is 11.8 Å². The van der Waals surface area contributed by atoms with Crippen molar-refractivity contribution in [3.8, 4) is 11.8 Å². The van der Waals surface area contributed by atoms with Crippen molar-refractivity contribution in [1.82, 2.24) is 0 Å². The second kappa shape index (κ2) is 8.46. The predicted octanol–water partition coefficient (Wildman–Crippen LogP) is 2.32. The number of rotatable bonds is 5. The van der Waals surface area contributed by atoms with Crippen molar-refractivity contribution >= 4 is 11.6 Å². The van der Waals surface area contributed by atoms with E-state index >= 15 is 0 Å². The molecule has 1 fully saturated rings. The lowest BCUT2D eigenvalue weighted by atomic mass is 10.1. The van der Waals surface area contributed by atoms with Gasteiger partial charge in [0.15, 0.2) is 0 Å². The molecule has 1 heterocycles. The van der Waals surface area contributed by atoms with Crippen LogP contribution >= 0.6 is 0 Å². The van der Waals surface area contributed by atoms with E-state index in [1.807, 2.05) is 24.3 Å². The van der Waals surface area contributed by atoms with E-state index in [4.69, 9.17) is 9.84 Å². The number of hydrogen-bond acceptors (Lipinski definition) is 3. The number of nitrogens with one attached hydrogen (secondary N) is 1. The zero-order valence-electron chi connectivity index (χ0n) is 12.1. The fourth-order valence-electron chi connectivity index (χ4n) is 2.29. The Labute approximate surface area is 125 Å². The highest BCUT2D eigenvalue weighted by Gasteiger charge is 2.16. The molecule has 0 spiro atoms. The summed E-state index contributed by atoms with van der Waals surface area (Å²) in [5.74, 6) is 5.83. The van der Waals surface area contributed by atoms with Crippen LogP contribution in [0.15, 0.2) is 24.3 Å². The molecule has 1 aliphatic rings. The van der Waals surface area contributed by atoms with Crippen LogP contribution < -0.4 is 5.32 Å². The van der Waals surface area contributed by atoms with Crippen LogP contribution in [0.1, 0.15) is 37.7 Å². The average molecular weight is 287 g/mol. The third-order valence-electron chi connectivity index (χ3n) is 3.38. The lowest BCUT2D eigenvalue weighted by Crippen LogP contribution is -2.15. The normalized spacial score (nSPS) is 17.1. The Morgan fingerprint density at radius 1 is 1.43 bits per heavy atom. The molecule has 1 unspecified atom stereocenters. The minimum Gasteiger partial charge on any atom is -0.395 e. The van der Waals surface area contributed by atoms with Crippen LogP contribution in [0.3, 0.4) is 0 Å². The number of benzene rings is 1. The van der Waals surface area contributed by atoms with E-state index in [0.29, 0.717) is 12.8 Å². The molecule has 1 amide bonds. The first kappa shape index (κ1) is 15.6. The first-order valence-corrected chi connectivity index (χ1v) is 7.40. The fourth-order valence-corrected chi connectivity index (χ4v) is 2.29. The van der Waals surface area contributed by atoms with Gasteiger partial charge in [0.25, 0.3) is 0 Å². The van der Waals surface area contributed by atoms with Gasteiger partial charge in [0.05, 0.1) is 18.4 Å². The second-order valence-electron chi connectivity index (χ2n) is 5.04. The number of hydrogen-bond donors (Lipinski definition) is 2. The summed E-state index contributed by atoms with van der Waals surface area (Å²) in [4.78, 5) is 12.0. The van der Waals surface area contributed by atoms with E-state index < -0.39 is 0 Å². The smallest absolute Gasteiger partial charge is 0.224 e. The molecule has 0 saturated carbocycles. The van der Waals surface area contributed by atoms with Crippen LogP contribution in [0.2, 0.25) is 0 Å². The molecule has 4 heteroatoms. The van der Waals surface area contributed by atoms with Crippen molar-refractivity contribution < 1.29 is 14.6 Å². The Morgan fingerprint density at radius 3 is 3.05 bits per heavy atom. The molecule has 0 aliphatic carbocycles. The minimum atomic E-state index is -0.0121. The van der Waals surface area contributed by atoms with Crippen molar-refractivity contribution in [3.05, 3.63) is 29.8 Å². The Balaban J connectivity index is 1.89. The summed E-state index contributed by atoms with van der Waals surface area (Å²) in [5, 5.41) is 11.7. The highest BCUT2D eigenvalue weighted by atomic mass is 16.5. The van der Waals surface area contributed by atoms with Crippen molar-refractivity contribution in [3.63, 3.8) is 0 Å². The van der Waals surface area contributed by atoms with Gasteiger partial charge in [0, 0.05) is 25.0 Å². The van der Waals surface area contributed by atoms with Crippen LogP contribution in [-0.4, -0.2) is 30.3 Å². The van der Waals surface area contributed by atoms with Crippen LogP contribution in [-0.2, 0) is 9.53 Å². The zero-order valence-corrected chi connectivity index (χ0v) is 12.1. The number of carbonyl (C=O) groups excluding carboxylic acids is 1. The first-order valence-electron chi connectivity index (χ1n) is 7.40. The minimum absolute atomic E-state index is 0.0121. The van der Waals surface area contributed by atoms with E-state index in [9.17, 15) is 4.79 Å². The van der Waals surface area contributed by atoms with Gasteiger partial charge in [-0.15, -0.1) is 0 Å². The Kier molecular flexibility index (Phi) is 6.26. The molecule has 1 aromatic rings.